The SMILES string of the molecule is CC[C@H](C)NC(=O)c1cc(C(=O)c2ccccc2C)c[nH]1. The van der Waals surface area contributed by atoms with E-state index in [1.807, 2.05) is 39.0 Å². The molecular formula is C17H20N2O2. The Morgan fingerprint density at radius 1 is 1.29 bits per heavy atom. The fraction of sp³-hybridized carbons (Fsp3) is 0.294. The molecule has 0 bridgehead atoms. The summed E-state index contributed by atoms with van der Waals surface area (Å²) in [7, 11) is 0. The number of aromatic amines is 1. The average molecular weight is 284 g/mol. The number of nitrogens with one attached hydrogen (secondary N) is 2. The molecule has 0 aliphatic carbocycles. The number of benzene rings is 1. The quantitative estimate of drug-likeness (QED) is 0.829. The van der Waals surface area contributed by atoms with Gasteiger partial charge in [0, 0.05) is 23.4 Å². The van der Waals surface area contributed by atoms with Gasteiger partial charge in [-0.1, -0.05) is 31.2 Å². The molecule has 21 heavy (non-hydrogen) atoms. The van der Waals surface area contributed by atoms with Crippen molar-refractivity contribution < 1.29 is 9.59 Å². The second kappa shape index (κ2) is 6.39. The first-order valence-electron chi connectivity index (χ1n) is 7.12. The molecule has 110 valence electrons. The van der Waals surface area contributed by atoms with E-state index in [2.05, 4.69) is 10.3 Å². The molecule has 0 spiro atoms. The van der Waals surface area contributed by atoms with E-state index in [1.54, 1.807) is 18.3 Å². The fourth-order valence-corrected chi connectivity index (χ4v) is 2.04. The van der Waals surface area contributed by atoms with Crippen molar-refractivity contribution in [3.63, 3.8) is 0 Å². The highest BCUT2D eigenvalue weighted by atomic mass is 16.2. The van der Waals surface area contributed by atoms with E-state index < -0.39 is 0 Å². The summed E-state index contributed by atoms with van der Waals surface area (Å²) in [5.74, 6) is -0.264. The fourth-order valence-electron chi connectivity index (χ4n) is 2.04. The third-order valence-corrected chi connectivity index (χ3v) is 3.57. The van der Waals surface area contributed by atoms with Crippen LogP contribution in [0.3, 0.4) is 0 Å². The third kappa shape index (κ3) is 3.40. The third-order valence-electron chi connectivity index (χ3n) is 3.57. The highest BCUT2D eigenvalue weighted by Crippen LogP contribution is 2.15. The van der Waals surface area contributed by atoms with Gasteiger partial charge in [-0.2, -0.15) is 0 Å². The maximum Gasteiger partial charge on any atom is 0.267 e. The van der Waals surface area contributed by atoms with E-state index in [1.165, 1.54) is 0 Å². The van der Waals surface area contributed by atoms with E-state index in [9.17, 15) is 9.59 Å². The average Bonchev–Trinajstić information content (AvgIpc) is 2.96. The lowest BCUT2D eigenvalue weighted by atomic mass is 10.0. The van der Waals surface area contributed by atoms with Crippen LogP contribution in [0.15, 0.2) is 36.5 Å². The van der Waals surface area contributed by atoms with Crippen molar-refractivity contribution in [2.75, 3.05) is 0 Å². The molecule has 1 aromatic carbocycles. The summed E-state index contributed by atoms with van der Waals surface area (Å²) in [6.45, 7) is 5.85. The predicted molar refractivity (Wildman–Crippen MR) is 82.6 cm³/mol. The second-order valence-corrected chi connectivity index (χ2v) is 5.23. The second-order valence-electron chi connectivity index (χ2n) is 5.23. The van der Waals surface area contributed by atoms with Crippen LogP contribution < -0.4 is 5.32 Å². The Bertz CT molecular complexity index is 658. The Morgan fingerprint density at radius 3 is 2.67 bits per heavy atom. The lowest BCUT2D eigenvalue weighted by molar-refractivity contribution is 0.0934. The molecule has 4 nitrogen and oxygen atoms in total. The van der Waals surface area contributed by atoms with Gasteiger partial charge in [0.15, 0.2) is 5.78 Å². The summed E-state index contributed by atoms with van der Waals surface area (Å²) in [4.78, 5) is 27.3. The van der Waals surface area contributed by atoms with Crippen molar-refractivity contribution in [3.8, 4) is 0 Å². The van der Waals surface area contributed by atoms with Crippen LogP contribution >= 0.6 is 0 Å². The molecule has 1 heterocycles. The molecule has 1 aromatic heterocycles. The molecule has 0 fully saturated rings. The predicted octanol–water partition coefficient (Wildman–Crippen LogP) is 3.08. The number of rotatable bonds is 5. The van der Waals surface area contributed by atoms with Gasteiger partial charge >= 0.3 is 0 Å². The maximum absolute atomic E-state index is 12.4. The molecule has 2 N–H and O–H groups in total. The van der Waals surface area contributed by atoms with Gasteiger partial charge in [-0.25, -0.2) is 0 Å². The smallest absolute Gasteiger partial charge is 0.267 e. The summed E-state index contributed by atoms with van der Waals surface area (Å²) in [5, 5.41) is 2.87. The van der Waals surface area contributed by atoms with Gasteiger partial charge in [0.2, 0.25) is 0 Å². The van der Waals surface area contributed by atoms with Crippen LogP contribution in [0.2, 0.25) is 0 Å². The topological polar surface area (TPSA) is 62.0 Å². The number of amides is 1. The molecule has 4 heteroatoms. The Hall–Kier alpha value is -2.36. The van der Waals surface area contributed by atoms with Crippen molar-refractivity contribution in [1.29, 1.82) is 0 Å². The zero-order valence-corrected chi connectivity index (χ0v) is 12.6. The standard InChI is InChI=1S/C17H20N2O2/c1-4-12(3)19-17(21)15-9-13(10-18-15)16(20)14-8-6-5-7-11(14)2/h5-10,12,18H,4H2,1-3H3,(H,19,21)/t12-/m0/s1. The van der Waals surface area contributed by atoms with Crippen LogP contribution in [0.25, 0.3) is 0 Å². The van der Waals surface area contributed by atoms with Crippen LogP contribution in [-0.4, -0.2) is 22.7 Å². The Kier molecular flexibility index (Phi) is 4.58. The molecular weight excluding hydrogens is 264 g/mol. The molecule has 0 aliphatic rings. The Morgan fingerprint density at radius 2 is 2.00 bits per heavy atom. The van der Waals surface area contributed by atoms with Crippen molar-refractivity contribution in [2.24, 2.45) is 0 Å². The Labute approximate surface area is 124 Å². The monoisotopic (exact) mass is 284 g/mol. The maximum atomic E-state index is 12.4. The first-order valence-corrected chi connectivity index (χ1v) is 7.12. The molecule has 0 unspecified atom stereocenters. The zero-order valence-electron chi connectivity index (χ0n) is 12.6. The minimum absolute atomic E-state index is 0.0769. The number of aryl methyl sites for hydroxylation is 1. The molecule has 0 saturated heterocycles. The first-order chi connectivity index (χ1) is 10.0. The lowest BCUT2D eigenvalue weighted by Crippen LogP contribution is -2.32. The van der Waals surface area contributed by atoms with Crippen molar-refractivity contribution in [3.05, 3.63) is 58.9 Å². The van der Waals surface area contributed by atoms with E-state index in [0.717, 1.165) is 12.0 Å². The highest BCUT2D eigenvalue weighted by molar-refractivity contribution is 6.11. The van der Waals surface area contributed by atoms with E-state index in [4.69, 9.17) is 0 Å². The molecule has 1 amide bonds. The van der Waals surface area contributed by atoms with Crippen molar-refractivity contribution in [2.45, 2.75) is 33.2 Å². The molecule has 0 aliphatic heterocycles. The largest absolute Gasteiger partial charge is 0.356 e. The van der Waals surface area contributed by atoms with Gasteiger partial charge in [0.1, 0.15) is 5.69 Å². The number of ketones is 1. The zero-order chi connectivity index (χ0) is 15.4. The van der Waals surface area contributed by atoms with Crippen molar-refractivity contribution in [1.82, 2.24) is 10.3 Å². The number of carbonyl (C=O) groups is 2. The van der Waals surface area contributed by atoms with Gasteiger partial charge in [-0.15, -0.1) is 0 Å². The highest BCUT2D eigenvalue weighted by Gasteiger charge is 2.16. The number of aromatic nitrogens is 1. The molecule has 2 aromatic rings. The summed E-state index contributed by atoms with van der Waals surface area (Å²) < 4.78 is 0. The van der Waals surface area contributed by atoms with Crippen LogP contribution in [-0.2, 0) is 0 Å². The van der Waals surface area contributed by atoms with Crippen LogP contribution in [0.1, 0.15) is 52.2 Å². The number of carbonyl (C=O) groups excluding carboxylic acids is 2. The van der Waals surface area contributed by atoms with E-state index in [0.29, 0.717) is 16.8 Å². The van der Waals surface area contributed by atoms with Crippen LogP contribution in [0, 0.1) is 6.92 Å². The van der Waals surface area contributed by atoms with Gasteiger partial charge < -0.3 is 10.3 Å². The minimum Gasteiger partial charge on any atom is -0.356 e. The summed E-state index contributed by atoms with van der Waals surface area (Å²) in [5.41, 5.74) is 2.49. The van der Waals surface area contributed by atoms with Crippen LogP contribution in [0.4, 0.5) is 0 Å². The number of hydrogen-bond acceptors (Lipinski definition) is 2. The molecule has 0 radical (unpaired) electrons. The van der Waals surface area contributed by atoms with E-state index >= 15 is 0 Å². The van der Waals surface area contributed by atoms with Gasteiger partial charge in [0.05, 0.1) is 0 Å². The summed E-state index contributed by atoms with van der Waals surface area (Å²) >= 11 is 0. The van der Waals surface area contributed by atoms with Gasteiger partial charge in [-0.05, 0) is 31.9 Å². The summed E-state index contributed by atoms with van der Waals surface area (Å²) in [6.07, 6.45) is 2.45. The first kappa shape index (κ1) is 15.0. The Balaban J connectivity index is 2.18. The van der Waals surface area contributed by atoms with E-state index in [-0.39, 0.29) is 17.7 Å². The lowest BCUT2D eigenvalue weighted by Gasteiger charge is -2.09. The molecule has 0 saturated carbocycles. The normalized spacial score (nSPS) is 12.0. The minimum atomic E-state index is -0.187. The molecule has 2 rings (SSSR count). The van der Waals surface area contributed by atoms with Gasteiger partial charge in [-0.3, -0.25) is 9.59 Å². The summed E-state index contributed by atoms with van der Waals surface area (Å²) in [6, 6.07) is 9.14. The number of H-pyrrole nitrogens is 1. The van der Waals surface area contributed by atoms with Gasteiger partial charge in [0.25, 0.3) is 5.91 Å². The number of hydrogen-bond donors (Lipinski definition) is 2. The van der Waals surface area contributed by atoms with Crippen molar-refractivity contribution >= 4 is 11.7 Å². The van der Waals surface area contributed by atoms with Crippen LogP contribution in [0.5, 0.6) is 0 Å². The molecule has 1 atom stereocenters.